The van der Waals surface area contributed by atoms with Gasteiger partial charge in [0.1, 0.15) is 5.15 Å². The van der Waals surface area contributed by atoms with Gasteiger partial charge in [-0.1, -0.05) is 48.0 Å². The summed E-state index contributed by atoms with van der Waals surface area (Å²) in [7, 11) is 1.77. The van der Waals surface area contributed by atoms with Crippen LogP contribution in [0.1, 0.15) is 34.6 Å². The van der Waals surface area contributed by atoms with Gasteiger partial charge < -0.3 is 15.0 Å². The molecule has 4 aromatic rings. The van der Waals surface area contributed by atoms with Crippen LogP contribution in [0.4, 0.5) is 5.69 Å². The molecule has 0 aliphatic heterocycles. The number of nitrogens with zero attached hydrogens (tertiary/aromatic N) is 2. The zero-order valence-electron chi connectivity index (χ0n) is 17.9. The third-order valence-electron chi connectivity index (χ3n) is 5.51. The number of carboxylic acids is 1. The van der Waals surface area contributed by atoms with Crippen LogP contribution in [0, 0.1) is 6.92 Å². The van der Waals surface area contributed by atoms with Gasteiger partial charge in [-0.2, -0.15) is 0 Å². The normalized spacial score (nSPS) is 12.0. The fourth-order valence-corrected chi connectivity index (χ4v) is 4.10. The first-order valence-corrected chi connectivity index (χ1v) is 10.5. The standard InChI is InChI=1S/C25H22ClN3O3/c1-14-11-17(15(2)27-20-9-10-22(26)28-23(20)25(31)32)18-13-21(16-7-5-4-6-8-16)29(3)24(30)19(18)12-14/h4-13,15,27H,1-3H3,(H,31,32)/t15-/m1/s1. The van der Waals surface area contributed by atoms with Crippen molar-refractivity contribution in [1.29, 1.82) is 0 Å². The van der Waals surface area contributed by atoms with Gasteiger partial charge in [0.05, 0.1) is 11.4 Å². The highest BCUT2D eigenvalue weighted by Gasteiger charge is 2.19. The predicted octanol–water partition coefficient (Wildman–Crippen LogP) is 5.43. The van der Waals surface area contributed by atoms with Crippen LogP contribution in [0.15, 0.2) is 65.5 Å². The Morgan fingerprint density at radius 2 is 1.81 bits per heavy atom. The minimum Gasteiger partial charge on any atom is -0.476 e. The molecule has 0 amide bonds. The van der Waals surface area contributed by atoms with Crippen LogP contribution in [0.3, 0.4) is 0 Å². The molecular weight excluding hydrogens is 426 g/mol. The van der Waals surface area contributed by atoms with Gasteiger partial charge in [-0.15, -0.1) is 0 Å². The van der Waals surface area contributed by atoms with Gasteiger partial charge in [-0.05, 0) is 60.2 Å². The average molecular weight is 448 g/mol. The second kappa shape index (κ2) is 8.48. The van der Waals surface area contributed by atoms with Crippen LogP contribution in [-0.4, -0.2) is 20.6 Å². The molecule has 0 aliphatic carbocycles. The summed E-state index contributed by atoms with van der Waals surface area (Å²) in [5, 5.41) is 14.3. The first-order valence-electron chi connectivity index (χ1n) is 10.1. The molecule has 4 rings (SSSR count). The van der Waals surface area contributed by atoms with Gasteiger partial charge in [0.2, 0.25) is 0 Å². The summed E-state index contributed by atoms with van der Waals surface area (Å²) in [6.45, 7) is 3.86. The molecule has 0 saturated carbocycles. The van der Waals surface area contributed by atoms with E-state index in [1.54, 1.807) is 23.7 Å². The van der Waals surface area contributed by atoms with Crippen LogP contribution < -0.4 is 10.9 Å². The van der Waals surface area contributed by atoms with E-state index in [2.05, 4.69) is 10.3 Å². The molecule has 0 radical (unpaired) electrons. The summed E-state index contributed by atoms with van der Waals surface area (Å²) < 4.78 is 1.66. The lowest BCUT2D eigenvalue weighted by molar-refractivity contribution is 0.0691. The van der Waals surface area contributed by atoms with Gasteiger partial charge in [-0.25, -0.2) is 9.78 Å². The molecule has 0 fully saturated rings. The van der Waals surface area contributed by atoms with Gasteiger partial charge in [0.15, 0.2) is 5.69 Å². The van der Waals surface area contributed by atoms with Crippen LogP contribution in [0.5, 0.6) is 0 Å². The second-order valence-corrected chi connectivity index (χ2v) is 8.16. The molecule has 6 nitrogen and oxygen atoms in total. The van der Waals surface area contributed by atoms with Crippen molar-refractivity contribution < 1.29 is 9.90 Å². The number of halogens is 1. The molecule has 0 saturated heterocycles. The number of aromatic nitrogens is 2. The monoisotopic (exact) mass is 447 g/mol. The summed E-state index contributed by atoms with van der Waals surface area (Å²) in [5.41, 5.74) is 3.70. The Bertz CT molecular complexity index is 1400. The van der Waals surface area contributed by atoms with Crippen LogP contribution in [-0.2, 0) is 7.05 Å². The summed E-state index contributed by atoms with van der Waals surface area (Å²) in [4.78, 5) is 28.8. The van der Waals surface area contributed by atoms with Crippen molar-refractivity contribution in [1.82, 2.24) is 9.55 Å². The van der Waals surface area contributed by atoms with E-state index in [0.29, 0.717) is 11.1 Å². The number of carboxylic acid groups (broad SMARTS) is 1. The van der Waals surface area contributed by atoms with Crippen molar-refractivity contribution in [2.45, 2.75) is 19.9 Å². The zero-order chi connectivity index (χ0) is 23.0. The first kappa shape index (κ1) is 21.6. The van der Waals surface area contributed by atoms with Gasteiger partial charge in [0, 0.05) is 18.5 Å². The molecular formula is C25H22ClN3O3. The Morgan fingerprint density at radius 1 is 1.09 bits per heavy atom. The number of fused-ring (bicyclic) bond motifs is 1. The highest BCUT2D eigenvalue weighted by Crippen LogP contribution is 2.31. The molecule has 162 valence electrons. The van der Waals surface area contributed by atoms with E-state index in [1.807, 2.05) is 62.4 Å². The first-order chi connectivity index (χ1) is 15.3. The van der Waals surface area contributed by atoms with Crippen LogP contribution in [0.2, 0.25) is 5.15 Å². The topological polar surface area (TPSA) is 84.2 Å². The Kier molecular flexibility index (Phi) is 5.72. The average Bonchev–Trinajstić information content (AvgIpc) is 2.77. The molecule has 2 N–H and O–H groups in total. The van der Waals surface area contributed by atoms with Crippen molar-refractivity contribution >= 4 is 34.0 Å². The Balaban J connectivity index is 1.88. The van der Waals surface area contributed by atoms with E-state index in [-0.39, 0.29) is 22.4 Å². The van der Waals surface area contributed by atoms with Crippen molar-refractivity contribution in [3.8, 4) is 11.3 Å². The molecule has 0 unspecified atom stereocenters. The number of anilines is 1. The predicted molar refractivity (Wildman–Crippen MR) is 128 cm³/mol. The summed E-state index contributed by atoms with van der Waals surface area (Å²) in [5.74, 6) is -1.17. The number of aryl methyl sites for hydroxylation is 1. The lowest BCUT2D eigenvalue weighted by Crippen LogP contribution is -2.20. The van der Waals surface area contributed by atoms with E-state index in [1.165, 1.54) is 0 Å². The van der Waals surface area contributed by atoms with Crippen molar-refractivity contribution in [3.63, 3.8) is 0 Å². The minimum absolute atomic E-state index is 0.0853. The number of aromatic carboxylic acids is 1. The van der Waals surface area contributed by atoms with E-state index in [4.69, 9.17) is 11.6 Å². The fraction of sp³-hybridized carbons (Fsp3) is 0.160. The molecule has 0 aliphatic rings. The van der Waals surface area contributed by atoms with E-state index >= 15 is 0 Å². The Labute approximate surface area is 190 Å². The maximum absolute atomic E-state index is 13.2. The molecule has 2 aromatic carbocycles. The van der Waals surface area contributed by atoms with E-state index in [9.17, 15) is 14.7 Å². The van der Waals surface area contributed by atoms with Crippen LogP contribution >= 0.6 is 11.6 Å². The maximum Gasteiger partial charge on any atom is 0.356 e. The van der Waals surface area contributed by atoms with Crippen LogP contribution in [0.25, 0.3) is 22.0 Å². The number of carbonyl (C=O) groups is 1. The number of hydrogen-bond donors (Lipinski definition) is 2. The molecule has 0 bridgehead atoms. The second-order valence-electron chi connectivity index (χ2n) is 7.78. The number of pyridine rings is 2. The van der Waals surface area contributed by atoms with E-state index in [0.717, 1.165) is 27.8 Å². The van der Waals surface area contributed by atoms with Gasteiger partial charge in [0.25, 0.3) is 5.56 Å². The smallest absolute Gasteiger partial charge is 0.356 e. The fourth-order valence-electron chi connectivity index (χ4n) is 3.96. The maximum atomic E-state index is 13.2. The molecule has 0 spiro atoms. The Hall–Kier alpha value is -3.64. The summed E-state index contributed by atoms with van der Waals surface area (Å²) in [6.07, 6.45) is 0. The molecule has 1 atom stereocenters. The number of nitrogens with one attached hydrogen (secondary N) is 1. The SMILES string of the molecule is Cc1cc([C@@H](C)Nc2ccc(Cl)nc2C(=O)O)c2cc(-c3ccccc3)n(C)c(=O)c2c1. The third-order valence-corrected chi connectivity index (χ3v) is 5.72. The highest BCUT2D eigenvalue weighted by molar-refractivity contribution is 6.29. The Morgan fingerprint density at radius 3 is 2.50 bits per heavy atom. The lowest BCUT2D eigenvalue weighted by atomic mass is 9.96. The molecule has 2 aromatic heterocycles. The minimum atomic E-state index is -1.17. The largest absolute Gasteiger partial charge is 0.476 e. The molecule has 7 heteroatoms. The van der Waals surface area contributed by atoms with Crippen molar-refractivity contribution in [2.75, 3.05) is 5.32 Å². The molecule has 32 heavy (non-hydrogen) atoms. The van der Waals surface area contributed by atoms with E-state index < -0.39 is 5.97 Å². The zero-order valence-corrected chi connectivity index (χ0v) is 18.6. The molecule has 2 heterocycles. The van der Waals surface area contributed by atoms with Gasteiger partial charge >= 0.3 is 5.97 Å². The third kappa shape index (κ3) is 3.97. The summed E-state index contributed by atoms with van der Waals surface area (Å²) in [6, 6.07) is 18.5. The summed E-state index contributed by atoms with van der Waals surface area (Å²) >= 11 is 5.88. The number of hydrogen-bond acceptors (Lipinski definition) is 4. The van der Waals surface area contributed by atoms with Crippen molar-refractivity contribution in [3.05, 3.63) is 93.0 Å². The van der Waals surface area contributed by atoms with Crippen molar-refractivity contribution in [2.24, 2.45) is 7.05 Å². The number of rotatable bonds is 5. The lowest BCUT2D eigenvalue weighted by Gasteiger charge is -2.21. The quantitative estimate of drug-likeness (QED) is 0.398. The number of benzene rings is 2. The van der Waals surface area contributed by atoms with Gasteiger partial charge in [-0.3, -0.25) is 4.79 Å². The highest BCUT2D eigenvalue weighted by atomic mass is 35.5.